The molecule has 0 radical (unpaired) electrons. The summed E-state index contributed by atoms with van der Waals surface area (Å²) >= 11 is 6.06. The molecule has 0 aliphatic heterocycles. The van der Waals surface area contributed by atoms with E-state index in [1.54, 1.807) is 0 Å². The lowest BCUT2D eigenvalue weighted by atomic mass is 10.1. The molecule has 0 heterocycles. The smallest absolute Gasteiger partial charge is 0.302 e. The second-order valence-electron chi connectivity index (χ2n) is 4.40. The highest BCUT2D eigenvalue weighted by atomic mass is 35.5. The lowest BCUT2D eigenvalue weighted by Gasteiger charge is -2.13. The molecule has 15 heavy (non-hydrogen) atoms. The van der Waals surface area contributed by atoms with E-state index in [0.29, 0.717) is 6.61 Å². The standard InChI is InChI=1S/C12H21ClO2/c1-10(7-9-15-11(2)14)6-5-8-12(3,4)13/h6H,5,7-9H2,1-4H3/b10-6+. The third kappa shape index (κ3) is 11.4. The number of rotatable bonds is 6. The largest absolute Gasteiger partial charge is 0.466 e. The number of ether oxygens (including phenoxy) is 1. The molecule has 0 fully saturated rings. The number of carbonyl (C=O) groups excluding carboxylic acids is 1. The van der Waals surface area contributed by atoms with Crippen LogP contribution in [0.15, 0.2) is 11.6 Å². The zero-order valence-electron chi connectivity index (χ0n) is 10.1. The fourth-order valence-electron chi connectivity index (χ4n) is 1.12. The Morgan fingerprint density at radius 1 is 1.40 bits per heavy atom. The summed E-state index contributed by atoms with van der Waals surface area (Å²) in [5.74, 6) is -0.218. The van der Waals surface area contributed by atoms with Crippen LogP contribution in [0.5, 0.6) is 0 Å². The van der Waals surface area contributed by atoms with Gasteiger partial charge in [-0.25, -0.2) is 0 Å². The van der Waals surface area contributed by atoms with Crippen molar-refractivity contribution in [2.45, 2.75) is 51.8 Å². The summed E-state index contributed by atoms with van der Waals surface area (Å²) < 4.78 is 4.85. The molecule has 0 aromatic carbocycles. The highest BCUT2D eigenvalue weighted by molar-refractivity contribution is 6.23. The van der Waals surface area contributed by atoms with Gasteiger partial charge in [-0.2, -0.15) is 0 Å². The van der Waals surface area contributed by atoms with Crippen molar-refractivity contribution in [2.75, 3.05) is 6.61 Å². The van der Waals surface area contributed by atoms with E-state index in [4.69, 9.17) is 16.3 Å². The molecular formula is C12H21ClO2. The Bertz CT molecular complexity index is 226. The number of allylic oxidation sites excluding steroid dienone is 1. The molecule has 88 valence electrons. The second-order valence-corrected chi connectivity index (χ2v) is 5.42. The predicted octanol–water partition coefficient (Wildman–Crippen LogP) is 3.68. The van der Waals surface area contributed by atoms with E-state index in [2.05, 4.69) is 6.08 Å². The van der Waals surface area contributed by atoms with Crippen LogP contribution in [0.1, 0.15) is 47.0 Å². The summed E-state index contributed by atoms with van der Waals surface area (Å²) in [6.45, 7) is 7.97. The van der Waals surface area contributed by atoms with Crippen LogP contribution in [0.4, 0.5) is 0 Å². The molecule has 0 saturated carbocycles. The van der Waals surface area contributed by atoms with Gasteiger partial charge in [-0.15, -0.1) is 11.6 Å². The molecule has 0 aromatic heterocycles. The van der Waals surface area contributed by atoms with Crippen molar-refractivity contribution < 1.29 is 9.53 Å². The normalized spacial score (nSPS) is 12.7. The monoisotopic (exact) mass is 232 g/mol. The van der Waals surface area contributed by atoms with Gasteiger partial charge in [0, 0.05) is 18.2 Å². The molecule has 0 rings (SSSR count). The maximum Gasteiger partial charge on any atom is 0.302 e. The molecule has 0 bridgehead atoms. The minimum atomic E-state index is -0.218. The third-order valence-corrected chi connectivity index (χ3v) is 2.22. The Morgan fingerprint density at radius 2 is 2.00 bits per heavy atom. The number of alkyl halides is 1. The number of esters is 1. The summed E-state index contributed by atoms with van der Waals surface area (Å²) in [5, 5.41) is 0. The highest BCUT2D eigenvalue weighted by Gasteiger charge is 2.10. The Labute approximate surface area is 97.6 Å². The average Bonchev–Trinajstić information content (AvgIpc) is 2.00. The van der Waals surface area contributed by atoms with Crippen LogP contribution >= 0.6 is 11.6 Å². The van der Waals surface area contributed by atoms with Gasteiger partial charge in [0.15, 0.2) is 0 Å². The SMILES string of the molecule is CC(=O)OCC/C(C)=C/CCC(C)(C)Cl. The van der Waals surface area contributed by atoms with Crippen molar-refractivity contribution in [1.29, 1.82) is 0 Å². The summed E-state index contributed by atoms with van der Waals surface area (Å²) in [6, 6.07) is 0. The highest BCUT2D eigenvalue weighted by Crippen LogP contribution is 2.20. The molecule has 0 N–H and O–H groups in total. The van der Waals surface area contributed by atoms with Gasteiger partial charge in [0.2, 0.25) is 0 Å². The topological polar surface area (TPSA) is 26.3 Å². The first kappa shape index (κ1) is 14.5. The maximum atomic E-state index is 10.5. The van der Waals surface area contributed by atoms with Crippen molar-refractivity contribution in [2.24, 2.45) is 0 Å². The Balaban J connectivity index is 3.66. The van der Waals surface area contributed by atoms with Crippen molar-refractivity contribution in [3.05, 3.63) is 11.6 Å². The number of hydrogen-bond acceptors (Lipinski definition) is 2. The van der Waals surface area contributed by atoms with E-state index in [1.165, 1.54) is 12.5 Å². The minimum Gasteiger partial charge on any atom is -0.466 e. The van der Waals surface area contributed by atoms with Gasteiger partial charge in [-0.3, -0.25) is 4.79 Å². The minimum absolute atomic E-state index is 0.132. The molecule has 3 heteroatoms. The van der Waals surface area contributed by atoms with Gasteiger partial charge in [0.05, 0.1) is 6.61 Å². The van der Waals surface area contributed by atoms with E-state index in [9.17, 15) is 4.79 Å². The van der Waals surface area contributed by atoms with Gasteiger partial charge < -0.3 is 4.74 Å². The van der Waals surface area contributed by atoms with Crippen molar-refractivity contribution in [3.63, 3.8) is 0 Å². The van der Waals surface area contributed by atoms with Crippen LogP contribution in [0.25, 0.3) is 0 Å². The van der Waals surface area contributed by atoms with E-state index in [1.807, 2.05) is 20.8 Å². The maximum absolute atomic E-state index is 10.5. The van der Waals surface area contributed by atoms with E-state index in [0.717, 1.165) is 19.3 Å². The number of halogens is 1. The van der Waals surface area contributed by atoms with E-state index < -0.39 is 0 Å². The summed E-state index contributed by atoms with van der Waals surface area (Å²) in [7, 11) is 0. The molecule has 2 nitrogen and oxygen atoms in total. The molecule has 0 amide bonds. The first-order valence-corrected chi connectivity index (χ1v) is 5.67. The van der Waals surface area contributed by atoms with Crippen LogP contribution in [0.2, 0.25) is 0 Å². The Morgan fingerprint density at radius 3 is 2.47 bits per heavy atom. The molecule has 0 saturated heterocycles. The third-order valence-electron chi connectivity index (χ3n) is 2.03. The number of carbonyl (C=O) groups is 1. The van der Waals surface area contributed by atoms with Crippen LogP contribution < -0.4 is 0 Å². The average molecular weight is 233 g/mol. The lowest BCUT2D eigenvalue weighted by Crippen LogP contribution is -2.08. The van der Waals surface area contributed by atoms with Crippen molar-refractivity contribution >= 4 is 17.6 Å². The molecule has 0 spiro atoms. The van der Waals surface area contributed by atoms with Gasteiger partial charge in [0.25, 0.3) is 0 Å². The van der Waals surface area contributed by atoms with Gasteiger partial charge >= 0.3 is 5.97 Å². The fraction of sp³-hybridized carbons (Fsp3) is 0.750. The van der Waals surface area contributed by atoms with E-state index in [-0.39, 0.29) is 10.8 Å². The van der Waals surface area contributed by atoms with Gasteiger partial charge in [-0.05, 0) is 33.6 Å². The zero-order chi connectivity index (χ0) is 11.9. The van der Waals surface area contributed by atoms with Gasteiger partial charge in [0.1, 0.15) is 0 Å². The van der Waals surface area contributed by atoms with Crippen LogP contribution in [0, 0.1) is 0 Å². The molecular weight excluding hydrogens is 212 g/mol. The van der Waals surface area contributed by atoms with E-state index >= 15 is 0 Å². The Kier molecular flexibility index (Phi) is 6.66. The van der Waals surface area contributed by atoms with Crippen molar-refractivity contribution in [3.8, 4) is 0 Å². The summed E-state index contributed by atoms with van der Waals surface area (Å²) in [4.78, 5) is 10.4. The van der Waals surface area contributed by atoms with Gasteiger partial charge in [-0.1, -0.05) is 11.6 Å². The van der Waals surface area contributed by atoms with Crippen molar-refractivity contribution in [1.82, 2.24) is 0 Å². The molecule has 0 unspecified atom stereocenters. The second kappa shape index (κ2) is 6.89. The lowest BCUT2D eigenvalue weighted by molar-refractivity contribution is -0.140. The zero-order valence-corrected chi connectivity index (χ0v) is 10.9. The first-order valence-electron chi connectivity index (χ1n) is 5.29. The predicted molar refractivity (Wildman–Crippen MR) is 64.2 cm³/mol. The summed E-state index contributed by atoms with van der Waals surface area (Å²) in [6.07, 6.45) is 4.90. The molecule has 0 aliphatic carbocycles. The van der Waals surface area contributed by atoms with Crippen LogP contribution in [-0.4, -0.2) is 17.5 Å². The van der Waals surface area contributed by atoms with Crippen LogP contribution in [0.3, 0.4) is 0 Å². The summed E-state index contributed by atoms with van der Waals surface area (Å²) in [5.41, 5.74) is 1.25. The number of hydrogen-bond donors (Lipinski definition) is 0. The molecule has 0 aliphatic rings. The molecule has 0 atom stereocenters. The fourth-order valence-corrected chi connectivity index (χ4v) is 1.23. The molecule has 0 aromatic rings. The Hall–Kier alpha value is -0.500. The quantitative estimate of drug-likeness (QED) is 0.397. The van der Waals surface area contributed by atoms with Crippen LogP contribution in [-0.2, 0) is 9.53 Å². The first-order chi connectivity index (χ1) is 6.81.